The quantitative estimate of drug-likeness (QED) is 0.515. The van der Waals surface area contributed by atoms with Crippen LogP contribution in [0.2, 0.25) is 0 Å². The van der Waals surface area contributed by atoms with Crippen LogP contribution in [-0.2, 0) is 0 Å². The van der Waals surface area contributed by atoms with Gasteiger partial charge >= 0.3 is 0 Å². The third-order valence-corrected chi connectivity index (χ3v) is 6.24. The first-order chi connectivity index (χ1) is 15.4. The molecule has 0 radical (unpaired) electrons. The topological polar surface area (TPSA) is 59.8 Å². The lowest BCUT2D eigenvalue weighted by atomic mass is 10.0. The van der Waals surface area contributed by atoms with Crippen molar-refractivity contribution in [2.45, 2.75) is 57.5 Å². The summed E-state index contributed by atoms with van der Waals surface area (Å²) < 4.78 is 42.7. The smallest absolute Gasteiger partial charge is 0.266 e. The van der Waals surface area contributed by atoms with E-state index in [1.54, 1.807) is 23.8 Å². The van der Waals surface area contributed by atoms with E-state index < -0.39 is 23.8 Å². The van der Waals surface area contributed by atoms with Crippen molar-refractivity contribution in [2.24, 2.45) is 0 Å². The summed E-state index contributed by atoms with van der Waals surface area (Å²) in [5.41, 5.74) is 1.18. The zero-order valence-corrected chi connectivity index (χ0v) is 17.6. The average Bonchev–Trinajstić information content (AvgIpc) is 3.47. The Morgan fingerprint density at radius 1 is 1.16 bits per heavy atom. The molecule has 1 aromatic carbocycles. The molecule has 5 nitrogen and oxygen atoms in total. The molecule has 0 saturated heterocycles. The second-order valence-electron chi connectivity index (χ2n) is 8.51. The van der Waals surface area contributed by atoms with E-state index in [4.69, 9.17) is 0 Å². The monoisotopic (exact) mass is 440 g/mol. The van der Waals surface area contributed by atoms with E-state index in [-0.39, 0.29) is 17.2 Å². The number of rotatable bonds is 6. The number of aromatic nitrogens is 3. The molecule has 0 bridgehead atoms. The van der Waals surface area contributed by atoms with Crippen molar-refractivity contribution in [3.8, 4) is 0 Å². The normalized spacial score (nSPS) is 17.1. The van der Waals surface area contributed by atoms with Crippen LogP contribution in [0.4, 0.5) is 19.0 Å². The van der Waals surface area contributed by atoms with Crippen LogP contribution in [0.5, 0.6) is 0 Å². The molecule has 1 fully saturated rings. The van der Waals surface area contributed by atoms with E-state index in [0.29, 0.717) is 22.3 Å². The Labute approximate surface area is 183 Å². The minimum Gasteiger partial charge on any atom is -0.361 e. The third kappa shape index (κ3) is 3.67. The molecule has 1 saturated carbocycles. The van der Waals surface area contributed by atoms with Crippen LogP contribution in [0.25, 0.3) is 16.3 Å². The number of hydrogen-bond acceptors (Lipinski definition) is 4. The number of fused-ring (bicyclic) bond motifs is 1. The minimum atomic E-state index is -2.89. The van der Waals surface area contributed by atoms with Crippen LogP contribution in [0.15, 0.2) is 41.3 Å². The number of nitrogens with one attached hydrogen (secondary N) is 1. The predicted molar refractivity (Wildman–Crippen MR) is 117 cm³/mol. The molecule has 0 spiro atoms. The molecule has 1 atom stereocenters. The number of alkyl halides is 2. The fraction of sp³-hybridized carbons (Fsp3) is 0.375. The summed E-state index contributed by atoms with van der Waals surface area (Å²) in [6.07, 6.45) is 5.81. The van der Waals surface area contributed by atoms with E-state index in [2.05, 4.69) is 21.6 Å². The standard InChI is InChI=1S/C24H23F3N4O/c1-13(16-7-4-8-17(21(16)25)23(26)27)28-24-19-12-31(15-9-10-15)20(32)11-18(19)22(29-30-24)14-5-2-3-6-14/h4-5,7-8,11-13,15,23H,2-3,6,9-10H2,1H3,(H,28,30)/t13-/m1/s1. The number of halogens is 3. The maximum absolute atomic E-state index is 14.7. The first-order valence-corrected chi connectivity index (χ1v) is 10.9. The maximum atomic E-state index is 14.7. The maximum Gasteiger partial charge on any atom is 0.266 e. The Balaban J connectivity index is 1.60. The van der Waals surface area contributed by atoms with Crippen molar-refractivity contribution in [1.29, 1.82) is 0 Å². The highest BCUT2D eigenvalue weighted by molar-refractivity contribution is 5.97. The zero-order chi connectivity index (χ0) is 22.4. The van der Waals surface area contributed by atoms with E-state index >= 15 is 0 Å². The highest BCUT2D eigenvalue weighted by Gasteiger charge is 2.27. The van der Waals surface area contributed by atoms with Gasteiger partial charge in [0, 0.05) is 34.6 Å². The summed E-state index contributed by atoms with van der Waals surface area (Å²) in [6, 6.07) is 5.13. The molecule has 0 aliphatic heterocycles. The zero-order valence-electron chi connectivity index (χ0n) is 17.6. The second kappa shape index (κ2) is 8.07. The Kier molecular flexibility index (Phi) is 5.23. The van der Waals surface area contributed by atoms with E-state index in [1.807, 2.05) is 0 Å². The van der Waals surface area contributed by atoms with Crippen LogP contribution in [0, 0.1) is 5.82 Å². The highest BCUT2D eigenvalue weighted by atomic mass is 19.3. The van der Waals surface area contributed by atoms with Crippen LogP contribution in [-0.4, -0.2) is 14.8 Å². The Morgan fingerprint density at radius 2 is 1.94 bits per heavy atom. The first kappa shape index (κ1) is 20.7. The molecular formula is C24H23F3N4O. The minimum absolute atomic E-state index is 0.0810. The summed E-state index contributed by atoms with van der Waals surface area (Å²) in [5, 5.41) is 13.3. The van der Waals surface area contributed by atoms with Crippen molar-refractivity contribution >= 4 is 22.2 Å². The van der Waals surface area contributed by atoms with Crippen molar-refractivity contribution in [3.05, 3.63) is 69.5 Å². The summed E-state index contributed by atoms with van der Waals surface area (Å²) >= 11 is 0. The third-order valence-electron chi connectivity index (χ3n) is 6.24. The molecule has 166 valence electrons. The Bertz CT molecular complexity index is 1280. The Morgan fingerprint density at radius 3 is 2.62 bits per heavy atom. The number of allylic oxidation sites excluding steroid dienone is 2. The number of pyridine rings is 1. The molecule has 2 aliphatic rings. The van der Waals surface area contributed by atoms with Gasteiger partial charge in [-0.1, -0.05) is 24.3 Å². The predicted octanol–water partition coefficient (Wildman–Crippen LogP) is 5.94. The molecule has 2 aromatic heterocycles. The Hall–Kier alpha value is -3.16. The van der Waals surface area contributed by atoms with Crippen LogP contribution in [0.3, 0.4) is 0 Å². The molecule has 3 aromatic rings. The highest BCUT2D eigenvalue weighted by Crippen LogP contribution is 2.37. The molecule has 8 heteroatoms. The van der Waals surface area contributed by atoms with Crippen molar-refractivity contribution in [1.82, 2.24) is 14.8 Å². The van der Waals surface area contributed by atoms with Gasteiger partial charge in [-0.3, -0.25) is 4.79 Å². The second-order valence-corrected chi connectivity index (χ2v) is 8.51. The largest absolute Gasteiger partial charge is 0.361 e. The van der Waals surface area contributed by atoms with Gasteiger partial charge in [0.2, 0.25) is 0 Å². The lowest BCUT2D eigenvalue weighted by Crippen LogP contribution is -2.19. The van der Waals surface area contributed by atoms with E-state index in [9.17, 15) is 18.0 Å². The van der Waals surface area contributed by atoms with Gasteiger partial charge in [-0.15, -0.1) is 10.2 Å². The summed E-state index contributed by atoms with van der Waals surface area (Å²) in [5.74, 6) is -0.534. The fourth-order valence-corrected chi connectivity index (χ4v) is 4.36. The summed E-state index contributed by atoms with van der Waals surface area (Å²) in [7, 11) is 0. The molecule has 1 N–H and O–H groups in total. The lowest BCUT2D eigenvalue weighted by Gasteiger charge is -2.19. The molecule has 0 amide bonds. The molecule has 2 heterocycles. The van der Waals surface area contributed by atoms with Gasteiger partial charge in [0.1, 0.15) is 5.82 Å². The van der Waals surface area contributed by atoms with Gasteiger partial charge in [0.15, 0.2) is 5.82 Å². The number of hydrogen-bond donors (Lipinski definition) is 1. The van der Waals surface area contributed by atoms with Gasteiger partial charge in [0.05, 0.1) is 17.3 Å². The van der Waals surface area contributed by atoms with E-state index in [1.165, 1.54) is 12.1 Å². The van der Waals surface area contributed by atoms with Gasteiger partial charge in [-0.2, -0.15) is 0 Å². The van der Waals surface area contributed by atoms with Crippen molar-refractivity contribution < 1.29 is 13.2 Å². The molecule has 2 aliphatic carbocycles. The van der Waals surface area contributed by atoms with Crippen LogP contribution < -0.4 is 10.9 Å². The van der Waals surface area contributed by atoms with Crippen molar-refractivity contribution in [3.63, 3.8) is 0 Å². The number of anilines is 1. The summed E-state index contributed by atoms with van der Waals surface area (Å²) in [6.45, 7) is 1.69. The molecular weight excluding hydrogens is 417 g/mol. The molecule has 32 heavy (non-hydrogen) atoms. The van der Waals surface area contributed by atoms with Gasteiger partial charge in [0.25, 0.3) is 12.0 Å². The first-order valence-electron chi connectivity index (χ1n) is 10.9. The number of benzene rings is 1. The number of nitrogens with zero attached hydrogens (tertiary/aromatic N) is 3. The lowest BCUT2D eigenvalue weighted by molar-refractivity contribution is 0.146. The summed E-state index contributed by atoms with van der Waals surface area (Å²) in [4.78, 5) is 12.7. The average molecular weight is 440 g/mol. The SMILES string of the molecule is C[C@@H](Nc1nnc(C2=CCCC2)c2cc(=O)n(C3CC3)cc12)c1cccc(C(F)F)c1F. The molecule has 5 rings (SSSR count). The molecule has 0 unspecified atom stereocenters. The van der Waals surface area contributed by atoms with Crippen LogP contribution >= 0.6 is 0 Å². The van der Waals surface area contributed by atoms with Gasteiger partial charge in [-0.05, 0) is 44.6 Å². The van der Waals surface area contributed by atoms with E-state index in [0.717, 1.165) is 43.7 Å². The van der Waals surface area contributed by atoms with Gasteiger partial charge in [-0.25, -0.2) is 13.2 Å². The van der Waals surface area contributed by atoms with Crippen molar-refractivity contribution in [2.75, 3.05) is 5.32 Å². The fourth-order valence-electron chi connectivity index (χ4n) is 4.36. The van der Waals surface area contributed by atoms with Gasteiger partial charge < -0.3 is 9.88 Å². The van der Waals surface area contributed by atoms with Crippen LogP contribution in [0.1, 0.15) is 74.4 Å².